The highest BCUT2D eigenvalue weighted by Crippen LogP contribution is 2.35. The van der Waals surface area contributed by atoms with Crippen molar-refractivity contribution in [2.45, 2.75) is 20.3 Å². The van der Waals surface area contributed by atoms with E-state index in [1.54, 1.807) is 38.2 Å². The van der Waals surface area contributed by atoms with Crippen molar-refractivity contribution in [3.05, 3.63) is 86.5 Å². The molecule has 0 unspecified atom stereocenters. The summed E-state index contributed by atoms with van der Waals surface area (Å²) in [6, 6.07) is 16.1. The first-order valence-corrected chi connectivity index (χ1v) is 10.9. The van der Waals surface area contributed by atoms with Crippen molar-refractivity contribution in [3.63, 3.8) is 0 Å². The minimum absolute atomic E-state index is 0.0348. The number of rotatable bonds is 5. The number of thioether (sulfide) groups is 1. The van der Waals surface area contributed by atoms with E-state index in [1.807, 2.05) is 24.3 Å². The van der Waals surface area contributed by atoms with Crippen molar-refractivity contribution >= 4 is 40.3 Å². The van der Waals surface area contributed by atoms with Crippen LogP contribution in [0.2, 0.25) is 0 Å². The Kier molecular flexibility index (Phi) is 5.96. The standard InChI is InChI=1S/C24H21N3O4S/c1-4-16-7-5-6-8-20(16)25-24-26(3)23(28)22(32-24)14-18-10-12-21(31-18)19-11-9-17(27(29)30)13-15(19)2/h5-14H,4H2,1-3H3/b22-14+,25-24?. The molecule has 1 aliphatic heterocycles. The van der Waals surface area contributed by atoms with Gasteiger partial charge >= 0.3 is 0 Å². The van der Waals surface area contributed by atoms with E-state index < -0.39 is 4.92 Å². The molecule has 3 aromatic rings. The monoisotopic (exact) mass is 447 g/mol. The minimum Gasteiger partial charge on any atom is -0.457 e. The van der Waals surface area contributed by atoms with Crippen LogP contribution in [0.3, 0.4) is 0 Å². The zero-order valence-electron chi connectivity index (χ0n) is 17.9. The Morgan fingerprint density at radius 3 is 2.69 bits per heavy atom. The largest absolute Gasteiger partial charge is 0.457 e. The molecule has 1 aromatic heterocycles. The summed E-state index contributed by atoms with van der Waals surface area (Å²) in [6.07, 6.45) is 2.55. The summed E-state index contributed by atoms with van der Waals surface area (Å²) < 4.78 is 5.92. The number of para-hydroxylation sites is 1. The summed E-state index contributed by atoms with van der Waals surface area (Å²) in [5, 5.41) is 11.6. The highest BCUT2D eigenvalue weighted by atomic mass is 32.2. The molecule has 0 aliphatic carbocycles. The second-order valence-corrected chi connectivity index (χ2v) is 8.32. The van der Waals surface area contributed by atoms with Crippen molar-refractivity contribution < 1.29 is 14.1 Å². The van der Waals surface area contributed by atoms with Gasteiger partial charge < -0.3 is 4.42 Å². The molecule has 1 aliphatic rings. The van der Waals surface area contributed by atoms with Crippen LogP contribution in [0.15, 0.2) is 68.9 Å². The predicted octanol–water partition coefficient (Wildman–Crippen LogP) is 5.96. The van der Waals surface area contributed by atoms with Gasteiger partial charge in [0.15, 0.2) is 5.17 Å². The molecule has 2 aromatic carbocycles. The van der Waals surface area contributed by atoms with Crippen LogP contribution in [0.5, 0.6) is 0 Å². The molecule has 2 heterocycles. The number of carbonyl (C=O) groups excluding carboxylic acids is 1. The first-order chi connectivity index (χ1) is 15.4. The van der Waals surface area contributed by atoms with Gasteiger partial charge in [-0.15, -0.1) is 0 Å². The number of aryl methyl sites for hydroxylation is 2. The lowest BCUT2D eigenvalue weighted by atomic mass is 10.1. The summed E-state index contributed by atoms with van der Waals surface area (Å²) >= 11 is 1.30. The van der Waals surface area contributed by atoms with Crippen molar-refractivity contribution in [2.75, 3.05) is 7.05 Å². The van der Waals surface area contributed by atoms with E-state index in [1.165, 1.54) is 28.8 Å². The predicted molar refractivity (Wildman–Crippen MR) is 127 cm³/mol. The first kappa shape index (κ1) is 21.6. The number of benzene rings is 2. The van der Waals surface area contributed by atoms with Crippen LogP contribution in [0.25, 0.3) is 17.4 Å². The van der Waals surface area contributed by atoms with Crippen LogP contribution in [0.4, 0.5) is 11.4 Å². The van der Waals surface area contributed by atoms with E-state index in [0.29, 0.717) is 21.6 Å². The van der Waals surface area contributed by atoms with Crippen molar-refractivity contribution in [1.82, 2.24) is 4.90 Å². The van der Waals surface area contributed by atoms with E-state index in [-0.39, 0.29) is 11.6 Å². The Balaban J connectivity index is 1.60. The van der Waals surface area contributed by atoms with Gasteiger partial charge in [0.2, 0.25) is 0 Å². The Morgan fingerprint density at radius 1 is 1.19 bits per heavy atom. The summed E-state index contributed by atoms with van der Waals surface area (Å²) in [5.41, 5.74) is 3.51. The molecule has 1 amide bonds. The zero-order valence-corrected chi connectivity index (χ0v) is 18.7. The number of hydrogen-bond donors (Lipinski definition) is 0. The molecule has 0 saturated carbocycles. The normalized spacial score (nSPS) is 16.3. The van der Waals surface area contributed by atoms with E-state index in [2.05, 4.69) is 6.92 Å². The molecule has 7 nitrogen and oxygen atoms in total. The summed E-state index contributed by atoms with van der Waals surface area (Å²) in [4.78, 5) is 30.0. The second kappa shape index (κ2) is 8.84. The number of carbonyl (C=O) groups is 1. The lowest BCUT2D eigenvalue weighted by Crippen LogP contribution is -2.23. The maximum atomic E-state index is 12.7. The van der Waals surface area contributed by atoms with Crippen LogP contribution in [0, 0.1) is 17.0 Å². The number of non-ortho nitro benzene ring substituents is 1. The molecule has 0 bridgehead atoms. The van der Waals surface area contributed by atoms with Gasteiger partial charge in [0.05, 0.1) is 15.5 Å². The van der Waals surface area contributed by atoms with Crippen LogP contribution < -0.4 is 0 Å². The van der Waals surface area contributed by atoms with Crippen molar-refractivity contribution in [2.24, 2.45) is 4.99 Å². The average molecular weight is 448 g/mol. The lowest BCUT2D eigenvalue weighted by Gasteiger charge is -2.08. The van der Waals surface area contributed by atoms with E-state index in [9.17, 15) is 14.9 Å². The van der Waals surface area contributed by atoms with E-state index in [4.69, 9.17) is 9.41 Å². The fraction of sp³-hybridized carbons (Fsp3) is 0.167. The average Bonchev–Trinajstić information content (AvgIpc) is 3.34. The number of nitro benzene ring substituents is 1. The van der Waals surface area contributed by atoms with E-state index >= 15 is 0 Å². The van der Waals surface area contributed by atoms with Gasteiger partial charge in [-0.25, -0.2) is 4.99 Å². The third kappa shape index (κ3) is 4.22. The van der Waals surface area contributed by atoms with Gasteiger partial charge in [-0.3, -0.25) is 19.8 Å². The maximum Gasteiger partial charge on any atom is 0.269 e. The molecule has 1 saturated heterocycles. The molecule has 4 rings (SSSR count). The molecule has 162 valence electrons. The first-order valence-electron chi connectivity index (χ1n) is 10.1. The second-order valence-electron chi connectivity index (χ2n) is 7.31. The SMILES string of the molecule is CCc1ccccc1N=C1S/C(=C/c2ccc(-c3ccc([N+](=O)[O-])cc3C)o2)C(=O)N1C. The van der Waals surface area contributed by atoms with Gasteiger partial charge in [-0.1, -0.05) is 25.1 Å². The third-order valence-electron chi connectivity index (χ3n) is 5.18. The van der Waals surface area contributed by atoms with E-state index in [0.717, 1.165) is 28.8 Å². The number of amidine groups is 1. The Hall–Kier alpha value is -3.65. The molecule has 0 atom stereocenters. The van der Waals surface area contributed by atoms with Gasteiger partial charge in [-0.2, -0.15) is 0 Å². The van der Waals surface area contributed by atoms with Crippen molar-refractivity contribution in [1.29, 1.82) is 0 Å². The molecule has 8 heteroatoms. The number of amides is 1. The number of nitrogens with zero attached hydrogens (tertiary/aromatic N) is 3. The van der Waals surface area contributed by atoms with Crippen LogP contribution in [0.1, 0.15) is 23.8 Å². The number of likely N-dealkylation sites (N-methyl/N-ethyl adjacent to an activating group) is 1. The molecule has 0 spiro atoms. The third-order valence-corrected chi connectivity index (χ3v) is 6.24. The molecule has 32 heavy (non-hydrogen) atoms. The van der Waals surface area contributed by atoms with Gasteiger partial charge in [0, 0.05) is 30.8 Å². The topological polar surface area (TPSA) is 89.0 Å². The summed E-state index contributed by atoms with van der Waals surface area (Å²) in [5.74, 6) is 0.961. The summed E-state index contributed by atoms with van der Waals surface area (Å²) in [6.45, 7) is 3.87. The zero-order chi connectivity index (χ0) is 22.8. The molecule has 0 radical (unpaired) electrons. The Labute approximate surface area is 189 Å². The molecular weight excluding hydrogens is 426 g/mol. The van der Waals surface area contributed by atoms with Gasteiger partial charge in [0.1, 0.15) is 11.5 Å². The Bertz CT molecular complexity index is 1280. The number of furan rings is 1. The smallest absolute Gasteiger partial charge is 0.269 e. The van der Waals surface area contributed by atoms with Crippen LogP contribution in [-0.2, 0) is 11.2 Å². The molecule has 1 fully saturated rings. The molecular formula is C24H21N3O4S. The number of hydrogen-bond acceptors (Lipinski definition) is 6. The quantitative estimate of drug-likeness (QED) is 0.273. The fourth-order valence-electron chi connectivity index (χ4n) is 3.42. The highest BCUT2D eigenvalue weighted by Gasteiger charge is 2.31. The van der Waals surface area contributed by atoms with Gasteiger partial charge in [-0.05, 0) is 60.5 Å². The lowest BCUT2D eigenvalue weighted by molar-refractivity contribution is -0.384. The maximum absolute atomic E-state index is 12.7. The minimum atomic E-state index is -0.424. The van der Waals surface area contributed by atoms with Crippen molar-refractivity contribution in [3.8, 4) is 11.3 Å². The highest BCUT2D eigenvalue weighted by molar-refractivity contribution is 8.18. The Morgan fingerprint density at radius 2 is 1.97 bits per heavy atom. The number of nitro groups is 1. The summed E-state index contributed by atoms with van der Waals surface area (Å²) in [7, 11) is 1.71. The van der Waals surface area contributed by atoms with Crippen LogP contribution >= 0.6 is 11.8 Å². The van der Waals surface area contributed by atoms with Gasteiger partial charge in [0.25, 0.3) is 11.6 Å². The van der Waals surface area contributed by atoms with Crippen LogP contribution in [-0.4, -0.2) is 27.9 Å². The molecule has 0 N–H and O–H groups in total. The fourth-order valence-corrected chi connectivity index (χ4v) is 4.38. The number of aliphatic imine (C=N–C) groups is 1.